The molecule has 0 unspecified atom stereocenters. The molecule has 6 heteroatoms. The highest BCUT2D eigenvalue weighted by molar-refractivity contribution is 7.92. The van der Waals surface area contributed by atoms with E-state index in [1.54, 1.807) is 42.7 Å². The molecule has 0 saturated carbocycles. The van der Waals surface area contributed by atoms with E-state index in [4.69, 9.17) is 4.74 Å². The number of sulfonamides is 1. The molecule has 2 rings (SSSR count). The van der Waals surface area contributed by atoms with E-state index in [-0.39, 0.29) is 5.75 Å². The number of nitrogens with zero attached hydrogens (tertiary/aromatic N) is 1. The molecule has 0 aliphatic heterocycles. The summed E-state index contributed by atoms with van der Waals surface area (Å²) in [6.07, 6.45) is 0.652. The first-order chi connectivity index (χ1) is 10.9. The first-order valence-electron chi connectivity index (χ1n) is 7.59. The Morgan fingerprint density at radius 2 is 1.87 bits per heavy atom. The Balaban J connectivity index is 2.30. The van der Waals surface area contributed by atoms with Crippen LogP contribution in [-0.4, -0.2) is 21.3 Å². The summed E-state index contributed by atoms with van der Waals surface area (Å²) in [6.45, 7) is 4.43. The van der Waals surface area contributed by atoms with Crippen molar-refractivity contribution in [3.63, 3.8) is 0 Å². The molecule has 4 nitrogen and oxygen atoms in total. The lowest BCUT2D eigenvalue weighted by Crippen LogP contribution is -2.32. The van der Waals surface area contributed by atoms with Crippen LogP contribution in [0.3, 0.4) is 0 Å². The molecule has 126 valence electrons. The van der Waals surface area contributed by atoms with Crippen molar-refractivity contribution in [1.82, 2.24) is 0 Å². The largest absolute Gasteiger partial charge is 0.497 e. The second kappa shape index (κ2) is 7.84. The Labute approximate surface area is 142 Å². The van der Waals surface area contributed by atoms with E-state index < -0.39 is 10.0 Å². The maximum atomic E-state index is 12.8. The van der Waals surface area contributed by atoms with Crippen LogP contribution in [-0.2, 0) is 16.6 Å². The maximum Gasteiger partial charge on any atom is 0.235 e. The zero-order valence-corrected chi connectivity index (χ0v) is 15.4. The zero-order chi connectivity index (χ0) is 16.9. The summed E-state index contributed by atoms with van der Waals surface area (Å²) in [5.74, 6) is 1.22. The van der Waals surface area contributed by atoms with Gasteiger partial charge in [0.05, 0.1) is 25.1 Å². The van der Waals surface area contributed by atoms with Crippen molar-refractivity contribution in [3.05, 3.63) is 46.7 Å². The summed E-state index contributed by atoms with van der Waals surface area (Å²) in [5, 5.41) is 1.96. The fourth-order valence-electron chi connectivity index (χ4n) is 2.14. The summed E-state index contributed by atoms with van der Waals surface area (Å²) in [4.78, 5) is 1.02. The van der Waals surface area contributed by atoms with Gasteiger partial charge in [0.1, 0.15) is 5.75 Å². The molecule has 1 aromatic carbocycles. The Kier molecular flexibility index (Phi) is 6.07. The number of methoxy groups -OCH3 is 1. The van der Waals surface area contributed by atoms with Gasteiger partial charge < -0.3 is 4.74 Å². The highest BCUT2D eigenvalue weighted by atomic mass is 32.2. The van der Waals surface area contributed by atoms with Gasteiger partial charge in [-0.25, -0.2) is 8.42 Å². The zero-order valence-electron chi connectivity index (χ0n) is 13.7. The molecular formula is C17H23NO3S2. The number of anilines is 1. The molecule has 0 saturated heterocycles. The standard InChI is InChI=1S/C17H23NO3S2/c1-14(2)10-12-23(19,20)18(13-17-5-4-11-22-17)15-6-8-16(21-3)9-7-15/h4-9,11,14H,10,12-13H2,1-3H3. The first-order valence-corrected chi connectivity index (χ1v) is 10.1. The molecule has 0 aliphatic carbocycles. The molecule has 2 aromatic rings. The lowest BCUT2D eigenvalue weighted by Gasteiger charge is -2.24. The van der Waals surface area contributed by atoms with Gasteiger partial charge >= 0.3 is 0 Å². The smallest absolute Gasteiger partial charge is 0.235 e. The van der Waals surface area contributed by atoms with Crippen LogP contribution >= 0.6 is 11.3 Å². The average Bonchev–Trinajstić information content (AvgIpc) is 3.04. The molecule has 0 atom stereocenters. The van der Waals surface area contributed by atoms with E-state index in [9.17, 15) is 8.42 Å². The van der Waals surface area contributed by atoms with Crippen molar-refractivity contribution in [2.75, 3.05) is 17.2 Å². The predicted molar refractivity (Wildman–Crippen MR) is 96.7 cm³/mol. The summed E-state index contributed by atoms with van der Waals surface area (Å²) in [6, 6.07) is 11.0. The maximum absolute atomic E-state index is 12.8. The highest BCUT2D eigenvalue weighted by Gasteiger charge is 2.23. The van der Waals surface area contributed by atoms with Crippen molar-refractivity contribution >= 4 is 27.0 Å². The van der Waals surface area contributed by atoms with Crippen LogP contribution in [0.5, 0.6) is 5.75 Å². The summed E-state index contributed by atoms with van der Waals surface area (Å²) in [5.41, 5.74) is 0.669. The number of rotatable bonds is 8. The van der Waals surface area contributed by atoms with Gasteiger partial charge in [0, 0.05) is 4.88 Å². The second-order valence-corrected chi connectivity index (χ2v) is 8.83. The third-order valence-corrected chi connectivity index (χ3v) is 6.15. The van der Waals surface area contributed by atoms with Crippen LogP contribution in [0.4, 0.5) is 5.69 Å². The van der Waals surface area contributed by atoms with Gasteiger partial charge in [-0.05, 0) is 48.1 Å². The number of ether oxygens (including phenoxy) is 1. The molecule has 1 aromatic heterocycles. The van der Waals surface area contributed by atoms with Crippen LogP contribution in [0.15, 0.2) is 41.8 Å². The lowest BCUT2D eigenvalue weighted by atomic mass is 10.2. The summed E-state index contributed by atoms with van der Waals surface area (Å²) < 4.78 is 32.3. The first kappa shape index (κ1) is 17.8. The fraction of sp³-hybridized carbons (Fsp3) is 0.412. The Morgan fingerprint density at radius 1 is 1.17 bits per heavy atom. The van der Waals surface area contributed by atoms with Crippen LogP contribution in [0.1, 0.15) is 25.1 Å². The Morgan fingerprint density at radius 3 is 2.39 bits per heavy atom. The van der Waals surface area contributed by atoms with Gasteiger partial charge in [-0.15, -0.1) is 11.3 Å². The van der Waals surface area contributed by atoms with Gasteiger partial charge in [-0.1, -0.05) is 19.9 Å². The molecular weight excluding hydrogens is 330 g/mol. The number of thiophene rings is 1. The second-order valence-electron chi connectivity index (χ2n) is 5.78. The quantitative estimate of drug-likeness (QED) is 0.716. The topological polar surface area (TPSA) is 46.6 Å². The molecule has 0 bridgehead atoms. The van der Waals surface area contributed by atoms with Gasteiger partial charge in [0.15, 0.2) is 0 Å². The van der Waals surface area contributed by atoms with Gasteiger partial charge in [0.2, 0.25) is 10.0 Å². The van der Waals surface area contributed by atoms with E-state index in [0.29, 0.717) is 30.3 Å². The average molecular weight is 354 g/mol. The fourth-order valence-corrected chi connectivity index (χ4v) is 4.68. The molecule has 23 heavy (non-hydrogen) atoms. The van der Waals surface area contributed by atoms with Crippen LogP contribution < -0.4 is 9.04 Å². The summed E-state index contributed by atoms with van der Waals surface area (Å²) in [7, 11) is -1.77. The van der Waals surface area contributed by atoms with Gasteiger partial charge in [-0.3, -0.25) is 4.31 Å². The van der Waals surface area contributed by atoms with Crippen LogP contribution in [0.2, 0.25) is 0 Å². The van der Waals surface area contributed by atoms with Crippen LogP contribution in [0.25, 0.3) is 0 Å². The summed E-state index contributed by atoms with van der Waals surface area (Å²) >= 11 is 1.56. The van der Waals surface area contributed by atoms with E-state index >= 15 is 0 Å². The molecule has 0 spiro atoms. The molecule has 0 N–H and O–H groups in total. The van der Waals surface area contributed by atoms with Crippen molar-refractivity contribution < 1.29 is 13.2 Å². The van der Waals surface area contributed by atoms with E-state index in [2.05, 4.69) is 0 Å². The van der Waals surface area contributed by atoms with E-state index in [1.165, 1.54) is 4.31 Å². The minimum Gasteiger partial charge on any atom is -0.497 e. The Bertz CT molecular complexity index is 692. The third-order valence-electron chi connectivity index (χ3n) is 3.53. The van der Waals surface area contributed by atoms with Crippen LogP contribution in [0, 0.1) is 5.92 Å². The van der Waals surface area contributed by atoms with E-state index in [1.807, 2.05) is 31.4 Å². The number of hydrogen-bond acceptors (Lipinski definition) is 4. The van der Waals surface area contributed by atoms with Crippen molar-refractivity contribution in [2.45, 2.75) is 26.8 Å². The molecule has 0 aliphatic rings. The number of benzene rings is 1. The van der Waals surface area contributed by atoms with Crippen molar-refractivity contribution in [3.8, 4) is 5.75 Å². The minimum atomic E-state index is -3.37. The van der Waals surface area contributed by atoms with E-state index in [0.717, 1.165) is 4.88 Å². The normalized spacial score (nSPS) is 11.7. The predicted octanol–water partition coefficient (Wildman–Crippen LogP) is 4.14. The monoisotopic (exact) mass is 353 g/mol. The van der Waals surface area contributed by atoms with Gasteiger partial charge in [-0.2, -0.15) is 0 Å². The van der Waals surface area contributed by atoms with Crippen molar-refractivity contribution in [1.29, 1.82) is 0 Å². The van der Waals surface area contributed by atoms with Gasteiger partial charge in [0.25, 0.3) is 0 Å². The SMILES string of the molecule is COc1ccc(N(Cc2cccs2)S(=O)(=O)CCC(C)C)cc1. The molecule has 1 heterocycles. The number of hydrogen-bond donors (Lipinski definition) is 0. The Hall–Kier alpha value is -1.53. The highest BCUT2D eigenvalue weighted by Crippen LogP contribution is 2.26. The molecule has 0 fully saturated rings. The lowest BCUT2D eigenvalue weighted by molar-refractivity contribution is 0.415. The third kappa shape index (κ3) is 4.97. The van der Waals surface area contributed by atoms with Crippen molar-refractivity contribution in [2.24, 2.45) is 5.92 Å². The molecule has 0 amide bonds. The molecule has 0 radical (unpaired) electrons. The minimum absolute atomic E-state index is 0.155.